The summed E-state index contributed by atoms with van der Waals surface area (Å²) < 4.78 is 2.11. The Balaban J connectivity index is 2.12. The molecule has 0 aromatic carbocycles. The van der Waals surface area contributed by atoms with E-state index in [2.05, 4.69) is 40.3 Å². The van der Waals surface area contributed by atoms with Crippen LogP contribution in [0.1, 0.15) is 17.9 Å². The van der Waals surface area contributed by atoms with Crippen LogP contribution in [0, 0.1) is 0 Å². The van der Waals surface area contributed by atoms with Crippen molar-refractivity contribution in [2.24, 2.45) is 7.05 Å². The fourth-order valence-electron chi connectivity index (χ4n) is 2.41. The predicted molar refractivity (Wildman–Crippen MR) is 65.2 cm³/mol. The van der Waals surface area contributed by atoms with Gasteiger partial charge in [0.25, 0.3) is 0 Å². The summed E-state index contributed by atoms with van der Waals surface area (Å²) in [7, 11) is 2.06. The van der Waals surface area contributed by atoms with Gasteiger partial charge in [0.2, 0.25) is 0 Å². The summed E-state index contributed by atoms with van der Waals surface area (Å²) in [5.41, 5.74) is 2.48. The molecule has 2 aromatic heterocycles. The van der Waals surface area contributed by atoms with Crippen LogP contribution < -0.4 is 5.32 Å². The normalized spacial score (nSPS) is 19.9. The fourth-order valence-corrected chi connectivity index (χ4v) is 2.41. The number of allylic oxidation sites excluding steroid dienone is 1. The first-order valence-electron chi connectivity index (χ1n) is 5.64. The van der Waals surface area contributed by atoms with Crippen LogP contribution in [0.3, 0.4) is 0 Å². The van der Waals surface area contributed by atoms with Crippen LogP contribution in [0.5, 0.6) is 0 Å². The summed E-state index contributed by atoms with van der Waals surface area (Å²) in [4.78, 5) is 4.42. The SMILES string of the molecule is Cn1cc(C2CC=CNC2)c2cccnc21. The number of pyridine rings is 1. The number of rotatable bonds is 1. The Morgan fingerprint density at radius 3 is 3.25 bits per heavy atom. The van der Waals surface area contributed by atoms with Crippen molar-refractivity contribution >= 4 is 11.0 Å². The molecule has 0 radical (unpaired) electrons. The number of aryl methyl sites for hydroxylation is 1. The molecule has 0 spiro atoms. The summed E-state index contributed by atoms with van der Waals surface area (Å²) in [6.07, 6.45) is 9.42. The molecule has 1 aliphatic rings. The summed E-state index contributed by atoms with van der Waals surface area (Å²) in [5.74, 6) is 0.567. The molecule has 1 unspecified atom stereocenters. The summed E-state index contributed by atoms with van der Waals surface area (Å²) in [6, 6.07) is 4.17. The van der Waals surface area contributed by atoms with Crippen molar-refractivity contribution in [2.45, 2.75) is 12.3 Å². The molecular weight excluding hydrogens is 198 g/mol. The maximum Gasteiger partial charge on any atom is 0.139 e. The Hall–Kier alpha value is -1.77. The minimum absolute atomic E-state index is 0.567. The van der Waals surface area contributed by atoms with Gasteiger partial charge in [0.15, 0.2) is 0 Å². The van der Waals surface area contributed by atoms with Crippen molar-refractivity contribution < 1.29 is 0 Å². The van der Waals surface area contributed by atoms with Gasteiger partial charge in [-0.05, 0) is 30.3 Å². The lowest BCUT2D eigenvalue weighted by Gasteiger charge is -2.18. The van der Waals surface area contributed by atoms with Gasteiger partial charge in [0.1, 0.15) is 5.65 Å². The molecule has 3 rings (SSSR count). The second kappa shape index (κ2) is 3.67. The van der Waals surface area contributed by atoms with E-state index in [4.69, 9.17) is 0 Å². The van der Waals surface area contributed by atoms with Gasteiger partial charge in [-0.3, -0.25) is 0 Å². The zero-order valence-electron chi connectivity index (χ0n) is 9.35. The second-order valence-electron chi connectivity index (χ2n) is 4.31. The maximum absolute atomic E-state index is 4.42. The lowest BCUT2D eigenvalue weighted by molar-refractivity contribution is 0.627. The van der Waals surface area contributed by atoms with Crippen molar-refractivity contribution in [3.8, 4) is 0 Å². The van der Waals surface area contributed by atoms with Crippen LogP contribution in [0.4, 0.5) is 0 Å². The molecule has 1 aliphatic heterocycles. The van der Waals surface area contributed by atoms with Gasteiger partial charge in [0, 0.05) is 37.3 Å². The fraction of sp³-hybridized carbons (Fsp3) is 0.308. The van der Waals surface area contributed by atoms with Crippen LogP contribution in [-0.2, 0) is 7.05 Å². The minimum atomic E-state index is 0.567. The first kappa shape index (κ1) is 9.46. The molecule has 2 aromatic rings. The van der Waals surface area contributed by atoms with E-state index in [0.29, 0.717) is 5.92 Å². The number of hydrogen-bond acceptors (Lipinski definition) is 2. The van der Waals surface area contributed by atoms with E-state index in [1.165, 1.54) is 10.9 Å². The highest BCUT2D eigenvalue weighted by Gasteiger charge is 2.17. The molecule has 0 saturated carbocycles. The Kier molecular flexibility index (Phi) is 2.17. The molecule has 0 aliphatic carbocycles. The summed E-state index contributed by atoms with van der Waals surface area (Å²) >= 11 is 0. The standard InChI is InChI=1S/C13H15N3/c1-16-9-12(10-4-2-6-14-8-10)11-5-3-7-15-13(11)16/h2-3,5-7,9-10,14H,4,8H2,1H3. The Morgan fingerprint density at radius 1 is 1.50 bits per heavy atom. The molecular formula is C13H15N3. The van der Waals surface area contributed by atoms with Crippen LogP contribution in [-0.4, -0.2) is 16.1 Å². The molecule has 3 heteroatoms. The van der Waals surface area contributed by atoms with E-state index in [1.807, 2.05) is 18.5 Å². The van der Waals surface area contributed by atoms with Crippen LogP contribution >= 0.6 is 0 Å². The predicted octanol–water partition coefficient (Wildman–Crippen LogP) is 2.16. The number of fused-ring (bicyclic) bond motifs is 1. The lowest BCUT2D eigenvalue weighted by atomic mass is 9.94. The van der Waals surface area contributed by atoms with Crippen LogP contribution in [0.2, 0.25) is 0 Å². The van der Waals surface area contributed by atoms with E-state index in [1.54, 1.807) is 0 Å². The van der Waals surface area contributed by atoms with Gasteiger partial charge < -0.3 is 9.88 Å². The second-order valence-corrected chi connectivity index (χ2v) is 4.31. The first-order valence-corrected chi connectivity index (χ1v) is 5.64. The maximum atomic E-state index is 4.42. The number of aromatic nitrogens is 2. The third-order valence-electron chi connectivity index (χ3n) is 3.22. The van der Waals surface area contributed by atoms with Crippen molar-refractivity contribution in [2.75, 3.05) is 6.54 Å². The molecule has 1 N–H and O–H groups in total. The van der Waals surface area contributed by atoms with E-state index < -0.39 is 0 Å². The Labute approximate surface area is 94.8 Å². The van der Waals surface area contributed by atoms with Gasteiger partial charge >= 0.3 is 0 Å². The monoisotopic (exact) mass is 213 g/mol. The van der Waals surface area contributed by atoms with Crippen molar-refractivity contribution in [1.29, 1.82) is 0 Å². The summed E-state index contributed by atoms with van der Waals surface area (Å²) in [6.45, 7) is 1.02. The summed E-state index contributed by atoms with van der Waals surface area (Å²) in [5, 5.41) is 4.58. The van der Waals surface area contributed by atoms with Crippen molar-refractivity contribution in [3.63, 3.8) is 0 Å². The average molecular weight is 213 g/mol. The van der Waals surface area contributed by atoms with Crippen molar-refractivity contribution in [1.82, 2.24) is 14.9 Å². The number of nitrogens with one attached hydrogen (secondary N) is 1. The van der Waals surface area contributed by atoms with Gasteiger partial charge in [-0.25, -0.2) is 4.98 Å². The quantitative estimate of drug-likeness (QED) is 0.786. The minimum Gasteiger partial charge on any atom is -0.391 e. The molecule has 0 bridgehead atoms. The topological polar surface area (TPSA) is 29.9 Å². The third-order valence-corrected chi connectivity index (χ3v) is 3.22. The average Bonchev–Trinajstić information content (AvgIpc) is 2.69. The molecule has 3 nitrogen and oxygen atoms in total. The van der Waals surface area contributed by atoms with E-state index in [-0.39, 0.29) is 0 Å². The molecule has 0 amide bonds. The molecule has 3 heterocycles. The Bertz CT molecular complexity index is 539. The lowest BCUT2D eigenvalue weighted by Crippen LogP contribution is -2.19. The largest absolute Gasteiger partial charge is 0.391 e. The first-order chi connectivity index (χ1) is 7.86. The van der Waals surface area contributed by atoms with Gasteiger partial charge in [-0.2, -0.15) is 0 Å². The number of nitrogens with zero attached hydrogens (tertiary/aromatic N) is 2. The van der Waals surface area contributed by atoms with Crippen LogP contribution in [0.25, 0.3) is 11.0 Å². The van der Waals surface area contributed by atoms with Crippen molar-refractivity contribution in [3.05, 3.63) is 42.4 Å². The molecule has 0 saturated heterocycles. The molecule has 16 heavy (non-hydrogen) atoms. The molecule has 0 fully saturated rings. The highest BCUT2D eigenvalue weighted by atomic mass is 15.0. The van der Waals surface area contributed by atoms with Gasteiger partial charge in [-0.15, -0.1) is 0 Å². The zero-order valence-corrected chi connectivity index (χ0v) is 9.35. The third kappa shape index (κ3) is 1.40. The molecule has 82 valence electrons. The highest BCUT2D eigenvalue weighted by molar-refractivity contribution is 5.81. The van der Waals surface area contributed by atoms with Gasteiger partial charge in [0.05, 0.1) is 0 Å². The Morgan fingerprint density at radius 2 is 2.44 bits per heavy atom. The molecule has 1 atom stereocenters. The van der Waals surface area contributed by atoms with E-state index in [0.717, 1.165) is 18.6 Å². The van der Waals surface area contributed by atoms with Crippen LogP contribution in [0.15, 0.2) is 36.8 Å². The van der Waals surface area contributed by atoms with E-state index >= 15 is 0 Å². The van der Waals surface area contributed by atoms with Gasteiger partial charge in [-0.1, -0.05) is 6.08 Å². The number of hydrogen-bond donors (Lipinski definition) is 1. The zero-order chi connectivity index (χ0) is 11.0. The smallest absolute Gasteiger partial charge is 0.139 e. The highest BCUT2D eigenvalue weighted by Crippen LogP contribution is 2.29. The van der Waals surface area contributed by atoms with E-state index in [9.17, 15) is 0 Å².